The van der Waals surface area contributed by atoms with Gasteiger partial charge in [-0.15, -0.1) is 0 Å². The second-order valence-electron chi connectivity index (χ2n) is 6.87. The van der Waals surface area contributed by atoms with Crippen LogP contribution in [0.2, 0.25) is 0 Å². The van der Waals surface area contributed by atoms with Crippen LogP contribution < -0.4 is 5.32 Å². The molecule has 4 heteroatoms. The molecule has 0 saturated heterocycles. The molecule has 0 aromatic heterocycles. The van der Waals surface area contributed by atoms with Crippen molar-refractivity contribution in [3.63, 3.8) is 0 Å². The number of amides is 1. The van der Waals surface area contributed by atoms with Gasteiger partial charge < -0.3 is 10.4 Å². The van der Waals surface area contributed by atoms with Crippen molar-refractivity contribution in [2.45, 2.75) is 38.5 Å². The van der Waals surface area contributed by atoms with E-state index in [-0.39, 0.29) is 12.3 Å². The number of carbonyl (C=O) groups is 2. The lowest BCUT2D eigenvalue weighted by Crippen LogP contribution is -2.22. The first-order chi connectivity index (χ1) is 13.1. The Morgan fingerprint density at radius 3 is 2.07 bits per heavy atom. The molecule has 0 bridgehead atoms. The number of unbranched alkanes of at least 4 members (excludes halogenated alkanes) is 2. The fourth-order valence-electron chi connectivity index (χ4n) is 3.54. The smallest absolute Gasteiger partial charge is 0.303 e. The molecule has 0 heterocycles. The third-order valence-corrected chi connectivity index (χ3v) is 4.92. The summed E-state index contributed by atoms with van der Waals surface area (Å²) in [7, 11) is 0. The minimum absolute atomic E-state index is 0.102. The van der Waals surface area contributed by atoms with Gasteiger partial charge in [-0.25, -0.2) is 0 Å². The Labute approximate surface area is 159 Å². The zero-order chi connectivity index (χ0) is 19.1. The van der Waals surface area contributed by atoms with Crippen LogP contribution in [-0.4, -0.2) is 23.5 Å². The van der Waals surface area contributed by atoms with Gasteiger partial charge in [0.25, 0.3) is 0 Å². The van der Waals surface area contributed by atoms with Crippen LogP contribution in [0.4, 0.5) is 0 Å². The molecule has 4 nitrogen and oxygen atoms in total. The third kappa shape index (κ3) is 5.07. The fourth-order valence-corrected chi connectivity index (χ4v) is 3.54. The number of hydrogen-bond donors (Lipinski definition) is 2. The van der Waals surface area contributed by atoms with Crippen LogP contribution in [-0.2, 0) is 22.4 Å². The molecular formula is C23H25NO3. The van der Waals surface area contributed by atoms with Crippen LogP contribution in [0, 0.1) is 0 Å². The van der Waals surface area contributed by atoms with E-state index in [0.717, 1.165) is 42.4 Å². The Morgan fingerprint density at radius 2 is 1.48 bits per heavy atom. The molecule has 27 heavy (non-hydrogen) atoms. The van der Waals surface area contributed by atoms with Crippen molar-refractivity contribution >= 4 is 17.4 Å². The number of nitrogens with one attached hydrogen (secondary N) is 1. The number of aliphatic carboxylic acids is 1. The van der Waals surface area contributed by atoms with Crippen LogP contribution in [0.25, 0.3) is 5.57 Å². The van der Waals surface area contributed by atoms with E-state index < -0.39 is 5.97 Å². The van der Waals surface area contributed by atoms with Crippen molar-refractivity contribution in [2.24, 2.45) is 0 Å². The largest absolute Gasteiger partial charge is 0.481 e. The molecule has 0 unspecified atom stereocenters. The van der Waals surface area contributed by atoms with Gasteiger partial charge in [0.2, 0.25) is 5.91 Å². The van der Waals surface area contributed by atoms with Gasteiger partial charge in [0.05, 0.1) is 0 Å². The van der Waals surface area contributed by atoms with Crippen LogP contribution in [0.3, 0.4) is 0 Å². The van der Waals surface area contributed by atoms with Gasteiger partial charge in [-0.05, 0) is 53.5 Å². The van der Waals surface area contributed by atoms with Crippen LogP contribution in [0.15, 0.2) is 54.6 Å². The second kappa shape index (κ2) is 9.17. The molecule has 0 saturated carbocycles. The van der Waals surface area contributed by atoms with Gasteiger partial charge in [-0.2, -0.15) is 0 Å². The van der Waals surface area contributed by atoms with Gasteiger partial charge >= 0.3 is 5.97 Å². The molecule has 2 aromatic rings. The van der Waals surface area contributed by atoms with E-state index >= 15 is 0 Å². The van der Waals surface area contributed by atoms with Crippen molar-refractivity contribution in [2.75, 3.05) is 6.54 Å². The lowest BCUT2D eigenvalue weighted by atomic mass is 9.93. The first-order valence-electron chi connectivity index (χ1n) is 9.53. The van der Waals surface area contributed by atoms with Crippen LogP contribution >= 0.6 is 0 Å². The van der Waals surface area contributed by atoms with Gasteiger partial charge in [0.15, 0.2) is 0 Å². The monoisotopic (exact) mass is 363 g/mol. The molecule has 0 aliphatic heterocycles. The SMILES string of the molecule is O=C(O)CCCCCNC(=O)C=C1c2ccccc2CCc2ccccc21. The summed E-state index contributed by atoms with van der Waals surface area (Å²) in [5, 5.41) is 11.6. The third-order valence-electron chi connectivity index (χ3n) is 4.92. The lowest BCUT2D eigenvalue weighted by molar-refractivity contribution is -0.137. The molecule has 0 fully saturated rings. The predicted octanol–water partition coefficient (Wildman–Crippen LogP) is 3.98. The predicted molar refractivity (Wildman–Crippen MR) is 106 cm³/mol. The summed E-state index contributed by atoms with van der Waals surface area (Å²) in [6, 6.07) is 16.6. The highest BCUT2D eigenvalue weighted by atomic mass is 16.4. The Balaban J connectivity index is 1.72. The number of carboxylic acid groups (broad SMARTS) is 1. The fraction of sp³-hybridized carbons (Fsp3) is 0.304. The van der Waals surface area contributed by atoms with E-state index in [2.05, 4.69) is 29.6 Å². The van der Waals surface area contributed by atoms with Crippen molar-refractivity contribution < 1.29 is 14.7 Å². The second-order valence-corrected chi connectivity index (χ2v) is 6.87. The van der Waals surface area contributed by atoms with Crippen molar-refractivity contribution in [3.05, 3.63) is 76.9 Å². The summed E-state index contributed by atoms with van der Waals surface area (Å²) in [5.74, 6) is -0.871. The lowest BCUT2D eigenvalue weighted by Gasteiger charge is -2.12. The molecule has 1 amide bonds. The van der Waals surface area contributed by atoms with Gasteiger partial charge in [-0.1, -0.05) is 55.0 Å². The number of benzene rings is 2. The van der Waals surface area contributed by atoms with Crippen LogP contribution in [0.1, 0.15) is 47.9 Å². The maximum atomic E-state index is 12.5. The standard InChI is InChI=1S/C23H25NO3/c25-22(24-15-7-1-2-12-23(26)27)16-21-19-10-5-3-8-17(19)13-14-18-9-4-6-11-20(18)21/h3-6,8-11,16H,1-2,7,12-15H2,(H,24,25)(H,26,27). The van der Waals surface area contributed by atoms with Crippen molar-refractivity contribution in [1.82, 2.24) is 5.32 Å². The molecule has 2 aromatic carbocycles. The van der Waals surface area contributed by atoms with Gasteiger partial charge in [0.1, 0.15) is 0 Å². The summed E-state index contributed by atoms with van der Waals surface area (Å²) in [6.45, 7) is 0.561. The quantitative estimate of drug-likeness (QED) is 0.578. The molecule has 0 radical (unpaired) electrons. The number of carbonyl (C=O) groups excluding carboxylic acids is 1. The molecule has 0 atom stereocenters. The number of fused-ring (bicyclic) bond motifs is 2. The Bertz CT molecular complexity index is 805. The van der Waals surface area contributed by atoms with E-state index in [0.29, 0.717) is 13.0 Å². The maximum Gasteiger partial charge on any atom is 0.303 e. The first kappa shape index (κ1) is 18.9. The Hall–Kier alpha value is -2.88. The molecule has 0 spiro atoms. The number of carboxylic acids is 1. The topological polar surface area (TPSA) is 66.4 Å². The highest BCUT2D eigenvalue weighted by molar-refractivity contribution is 6.00. The van der Waals surface area contributed by atoms with Crippen molar-refractivity contribution in [3.8, 4) is 0 Å². The molecule has 140 valence electrons. The van der Waals surface area contributed by atoms with Crippen molar-refractivity contribution in [1.29, 1.82) is 0 Å². The van der Waals surface area contributed by atoms with E-state index in [9.17, 15) is 9.59 Å². The molecular weight excluding hydrogens is 338 g/mol. The molecule has 1 aliphatic carbocycles. The summed E-state index contributed by atoms with van der Waals surface area (Å²) in [4.78, 5) is 23.0. The van der Waals surface area contributed by atoms with Crippen LogP contribution in [0.5, 0.6) is 0 Å². The highest BCUT2D eigenvalue weighted by Crippen LogP contribution is 2.33. The Morgan fingerprint density at radius 1 is 0.889 bits per heavy atom. The summed E-state index contributed by atoms with van der Waals surface area (Å²) < 4.78 is 0. The average molecular weight is 363 g/mol. The van der Waals surface area contributed by atoms with E-state index in [1.807, 2.05) is 24.3 Å². The minimum Gasteiger partial charge on any atom is -0.481 e. The van der Waals surface area contributed by atoms with Gasteiger partial charge in [0, 0.05) is 19.0 Å². The zero-order valence-electron chi connectivity index (χ0n) is 15.4. The normalized spacial score (nSPS) is 12.5. The minimum atomic E-state index is -0.769. The Kier molecular flexibility index (Phi) is 6.42. The van der Waals surface area contributed by atoms with E-state index in [1.165, 1.54) is 11.1 Å². The molecule has 2 N–H and O–H groups in total. The van der Waals surface area contributed by atoms with E-state index in [1.54, 1.807) is 6.08 Å². The first-order valence-corrected chi connectivity index (χ1v) is 9.53. The number of aryl methyl sites for hydroxylation is 2. The number of hydrogen-bond acceptors (Lipinski definition) is 2. The zero-order valence-corrected chi connectivity index (χ0v) is 15.4. The van der Waals surface area contributed by atoms with E-state index in [4.69, 9.17) is 5.11 Å². The molecule has 1 aliphatic rings. The highest BCUT2D eigenvalue weighted by Gasteiger charge is 2.18. The van der Waals surface area contributed by atoms with Gasteiger partial charge in [-0.3, -0.25) is 9.59 Å². The molecule has 3 rings (SSSR count). The summed E-state index contributed by atoms with van der Waals surface area (Å²) in [6.07, 6.45) is 6.06. The summed E-state index contributed by atoms with van der Waals surface area (Å²) in [5.41, 5.74) is 5.75. The number of rotatable bonds is 7. The maximum absolute atomic E-state index is 12.5. The summed E-state index contributed by atoms with van der Waals surface area (Å²) >= 11 is 0. The average Bonchev–Trinajstić information content (AvgIpc) is 2.82.